The van der Waals surface area contributed by atoms with E-state index in [2.05, 4.69) is 15.1 Å². The van der Waals surface area contributed by atoms with Crippen LogP contribution in [-0.4, -0.2) is 80.8 Å². The number of pyridine rings is 1. The van der Waals surface area contributed by atoms with Crippen LogP contribution in [0.2, 0.25) is 0 Å². The largest absolute Gasteiger partial charge is 0.416 e. The van der Waals surface area contributed by atoms with Gasteiger partial charge in [-0.05, 0) is 74.7 Å². The number of carbonyl (C=O) groups is 1. The Morgan fingerprint density at radius 3 is 2.33 bits per heavy atom. The zero-order chi connectivity index (χ0) is 34.4. The summed E-state index contributed by atoms with van der Waals surface area (Å²) in [5.74, 6) is -0.411. The molecule has 2 aliphatic heterocycles. The van der Waals surface area contributed by atoms with Gasteiger partial charge in [-0.15, -0.1) is 0 Å². The second-order valence-corrected chi connectivity index (χ2v) is 15.4. The molecule has 1 saturated carbocycles. The van der Waals surface area contributed by atoms with Crippen molar-refractivity contribution >= 4 is 26.6 Å². The highest BCUT2D eigenvalue weighted by atomic mass is 32.2. The van der Waals surface area contributed by atoms with Crippen LogP contribution in [0.3, 0.4) is 0 Å². The van der Waals surface area contributed by atoms with Crippen LogP contribution in [0.15, 0.2) is 77.7 Å². The third-order valence-corrected chi connectivity index (χ3v) is 11.2. The second kappa shape index (κ2) is 13.1. The van der Waals surface area contributed by atoms with Crippen LogP contribution >= 0.6 is 0 Å². The number of sulfone groups is 1. The Kier molecular flexibility index (Phi) is 9.01. The normalized spacial score (nSPS) is 19.2. The average molecular weight is 693 g/mol. The van der Waals surface area contributed by atoms with Gasteiger partial charge < -0.3 is 10.1 Å². The molecule has 0 bridgehead atoms. The Labute approximate surface area is 284 Å². The number of piperidine rings is 1. The van der Waals surface area contributed by atoms with Gasteiger partial charge >= 0.3 is 6.18 Å². The second-order valence-electron chi connectivity index (χ2n) is 13.4. The van der Waals surface area contributed by atoms with E-state index in [1.165, 1.54) is 24.3 Å². The van der Waals surface area contributed by atoms with Crippen LogP contribution < -0.4 is 5.32 Å². The number of carbonyl (C=O) groups excluding carboxylic acids is 1. The molecule has 12 heteroatoms. The number of nitrogens with one attached hydrogen (secondary N) is 1. The number of likely N-dealkylation sites (tertiary alicyclic amines) is 1. The first-order valence-electron chi connectivity index (χ1n) is 16.7. The molecule has 49 heavy (non-hydrogen) atoms. The number of hydrogen-bond acceptors (Lipinski definition) is 7. The molecule has 0 unspecified atom stereocenters. The highest BCUT2D eigenvalue weighted by Crippen LogP contribution is 2.46. The summed E-state index contributed by atoms with van der Waals surface area (Å²) in [5.41, 5.74) is 1.10. The number of rotatable bonds is 8. The maximum absolute atomic E-state index is 14.7. The van der Waals surface area contributed by atoms with E-state index >= 15 is 0 Å². The Morgan fingerprint density at radius 2 is 1.67 bits per heavy atom. The molecule has 1 N–H and O–H groups in total. The van der Waals surface area contributed by atoms with E-state index < -0.39 is 33.0 Å². The molecular weight excluding hydrogens is 653 g/mol. The smallest absolute Gasteiger partial charge is 0.379 e. The molecule has 7 rings (SSSR count). The van der Waals surface area contributed by atoms with Gasteiger partial charge in [-0.3, -0.25) is 14.6 Å². The van der Waals surface area contributed by atoms with E-state index in [0.29, 0.717) is 35.7 Å². The number of nitrogens with zero attached hydrogens (tertiary/aromatic N) is 3. The minimum absolute atomic E-state index is 0.0316. The molecule has 0 atom stereocenters. The number of ether oxygens (including phenoxy) is 1. The quantitative estimate of drug-likeness (QED) is 0.241. The van der Waals surface area contributed by atoms with Gasteiger partial charge in [0.25, 0.3) is 5.91 Å². The van der Waals surface area contributed by atoms with E-state index in [4.69, 9.17) is 9.72 Å². The van der Waals surface area contributed by atoms with Gasteiger partial charge in [-0.1, -0.05) is 42.5 Å². The van der Waals surface area contributed by atoms with Gasteiger partial charge in [-0.25, -0.2) is 13.4 Å². The summed E-state index contributed by atoms with van der Waals surface area (Å²) in [6, 6.07) is 19.5. The molecule has 1 aromatic heterocycles. The summed E-state index contributed by atoms with van der Waals surface area (Å²) in [4.78, 5) is 24.2. The molecule has 1 amide bonds. The number of alkyl halides is 3. The third kappa shape index (κ3) is 7.10. The molecule has 3 aliphatic rings. The maximum atomic E-state index is 14.7. The Bertz CT molecular complexity index is 1970. The van der Waals surface area contributed by atoms with Crippen molar-refractivity contribution in [2.24, 2.45) is 0 Å². The number of morpholine rings is 1. The predicted molar refractivity (Wildman–Crippen MR) is 181 cm³/mol. The van der Waals surface area contributed by atoms with E-state index in [1.807, 2.05) is 30.3 Å². The summed E-state index contributed by atoms with van der Waals surface area (Å²) in [6.07, 6.45) is -0.219. The molecule has 3 aromatic carbocycles. The van der Waals surface area contributed by atoms with Gasteiger partial charge in [0.05, 0.1) is 46.0 Å². The van der Waals surface area contributed by atoms with Crippen LogP contribution in [0.5, 0.6) is 0 Å². The van der Waals surface area contributed by atoms with Crippen LogP contribution in [0.1, 0.15) is 52.7 Å². The van der Waals surface area contributed by atoms with Crippen molar-refractivity contribution in [3.63, 3.8) is 0 Å². The van der Waals surface area contributed by atoms with Crippen molar-refractivity contribution in [3.05, 3.63) is 95.1 Å². The van der Waals surface area contributed by atoms with Gasteiger partial charge in [0.1, 0.15) is 0 Å². The first kappa shape index (κ1) is 33.6. The van der Waals surface area contributed by atoms with Gasteiger partial charge in [0, 0.05) is 48.4 Å². The molecule has 258 valence electrons. The molecule has 1 aliphatic carbocycles. The molecule has 0 radical (unpaired) electrons. The summed E-state index contributed by atoms with van der Waals surface area (Å²) in [6.45, 7) is 4.89. The molecule has 4 aromatic rings. The Balaban J connectivity index is 1.36. The Morgan fingerprint density at radius 1 is 0.959 bits per heavy atom. The maximum Gasteiger partial charge on any atom is 0.416 e. The Hall–Kier alpha value is -3.84. The number of fused-ring (bicyclic) bond motifs is 1. The zero-order valence-electron chi connectivity index (χ0n) is 27.3. The molecule has 2 saturated heterocycles. The SMILES string of the molecule is CS(=O)(=O)c1ccc2nc(-c3cccc(C(F)(F)F)c3)c(CN3CCC(N4CCOCC4)CC3)c(C(=O)NC3(c4ccccc4)CC3)c2c1. The van der Waals surface area contributed by atoms with Crippen molar-refractivity contribution < 1.29 is 31.1 Å². The highest BCUT2D eigenvalue weighted by Gasteiger charge is 2.46. The lowest BCUT2D eigenvalue weighted by molar-refractivity contribution is -0.137. The molecule has 3 fully saturated rings. The van der Waals surface area contributed by atoms with E-state index in [9.17, 15) is 26.4 Å². The topological polar surface area (TPSA) is 91.8 Å². The summed E-state index contributed by atoms with van der Waals surface area (Å²) < 4.78 is 72.8. The number of benzene rings is 3. The van der Waals surface area contributed by atoms with Crippen molar-refractivity contribution in [2.75, 3.05) is 45.6 Å². The lowest BCUT2D eigenvalue weighted by atomic mass is 9.93. The van der Waals surface area contributed by atoms with Crippen LogP contribution in [0, 0.1) is 0 Å². The summed E-state index contributed by atoms with van der Waals surface area (Å²) >= 11 is 0. The highest BCUT2D eigenvalue weighted by molar-refractivity contribution is 7.90. The number of aromatic nitrogens is 1. The minimum Gasteiger partial charge on any atom is -0.379 e. The molecule has 3 heterocycles. The van der Waals surface area contributed by atoms with E-state index in [0.717, 1.165) is 75.8 Å². The van der Waals surface area contributed by atoms with Crippen LogP contribution in [0.4, 0.5) is 13.2 Å². The zero-order valence-corrected chi connectivity index (χ0v) is 28.1. The van der Waals surface area contributed by atoms with Gasteiger partial charge in [0.15, 0.2) is 9.84 Å². The summed E-state index contributed by atoms with van der Waals surface area (Å²) in [5, 5.41) is 3.60. The lowest BCUT2D eigenvalue weighted by Gasteiger charge is -2.40. The van der Waals surface area contributed by atoms with Crippen molar-refractivity contribution in [1.82, 2.24) is 20.1 Å². The molecular formula is C37H39F3N4O4S. The molecule has 0 spiro atoms. The van der Waals surface area contributed by atoms with Gasteiger partial charge in [-0.2, -0.15) is 13.2 Å². The van der Waals surface area contributed by atoms with Crippen LogP contribution in [0.25, 0.3) is 22.2 Å². The van der Waals surface area contributed by atoms with Gasteiger partial charge in [0.2, 0.25) is 0 Å². The van der Waals surface area contributed by atoms with Crippen LogP contribution in [-0.2, 0) is 32.8 Å². The standard InChI is InChI=1S/C37H39F3N4O4S/c1-49(46,47)29-10-11-32-30(23-29)33(35(45)42-36(14-15-36)26-7-3-2-4-8-26)31(34(41-32)25-6-5-9-27(22-25)37(38,39)40)24-43-16-12-28(13-17-43)44-18-20-48-21-19-44/h2-11,22-23,28H,12-21,24H2,1H3,(H,42,45). The van der Waals surface area contributed by atoms with Crippen molar-refractivity contribution in [3.8, 4) is 11.3 Å². The fourth-order valence-electron chi connectivity index (χ4n) is 7.26. The number of amides is 1. The molecule has 8 nitrogen and oxygen atoms in total. The third-order valence-electron chi connectivity index (χ3n) is 10.1. The summed E-state index contributed by atoms with van der Waals surface area (Å²) in [7, 11) is -3.65. The first-order valence-corrected chi connectivity index (χ1v) is 18.6. The predicted octanol–water partition coefficient (Wildman–Crippen LogP) is 6.04. The van der Waals surface area contributed by atoms with Crippen molar-refractivity contribution in [1.29, 1.82) is 0 Å². The lowest BCUT2D eigenvalue weighted by Crippen LogP contribution is -2.48. The number of hydrogen-bond donors (Lipinski definition) is 1. The van der Waals surface area contributed by atoms with E-state index in [1.54, 1.807) is 6.07 Å². The minimum atomic E-state index is -4.58. The average Bonchev–Trinajstić information content (AvgIpc) is 3.88. The fraction of sp³-hybridized carbons (Fsp3) is 0.405. The van der Waals surface area contributed by atoms with Crippen molar-refractivity contribution in [2.45, 2.75) is 54.9 Å². The monoisotopic (exact) mass is 692 g/mol. The van der Waals surface area contributed by atoms with E-state index in [-0.39, 0.29) is 28.3 Å². The number of halogens is 3. The first-order chi connectivity index (χ1) is 23.4. The fourth-order valence-corrected chi connectivity index (χ4v) is 7.91.